The van der Waals surface area contributed by atoms with E-state index >= 15 is 0 Å². The number of aromatic nitrogens is 1. The van der Waals surface area contributed by atoms with Gasteiger partial charge in [0, 0.05) is 24.2 Å². The fourth-order valence-electron chi connectivity index (χ4n) is 2.44. The van der Waals surface area contributed by atoms with Gasteiger partial charge < -0.3 is 5.32 Å². The molecule has 0 aromatic carbocycles. The van der Waals surface area contributed by atoms with Crippen LogP contribution in [0.1, 0.15) is 51.0 Å². The summed E-state index contributed by atoms with van der Waals surface area (Å²) in [6, 6.07) is 0.700. The van der Waals surface area contributed by atoms with Crippen molar-refractivity contribution in [1.29, 1.82) is 0 Å². The Morgan fingerprint density at radius 2 is 2.31 bits per heavy atom. The summed E-state index contributed by atoms with van der Waals surface area (Å²) in [5.74, 6) is 0. The first kappa shape index (κ1) is 12.1. The molecule has 16 heavy (non-hydrogen) atoms. The van der Waals surface area contributed by atoms with Gasteiger partial charge in [0.1, 0.15) is 5.01 Å². The molecule has 1 fully saturated rings. The molecule has 0 radical (unpaired) electrons. The fraction of sp³-hybridized carbons (Fsp3) is 0.769. The largest absolute Gasteiger partial charge is 0.308 e. The van der Waals surface area contributed by atoms with Crippen molar-refractivity contribution in [3.05, 3.63) is 16.6 Å². The Balaban J connectivity index is 1.78. The zero-order chi connectivity index (χ0) is 11.4. The summed E-state index contributed by atoms with van der Waals surface area (Å²) in [4.78, 5) is 4.31. The van der Waals surface area contributed by atoms with Gasteiger partial charge in [0.25, 0.3) is 0 Å². The van der Waals surface area contributed by atoms with E-state index in [0.29, 0.717) is 11.5 Å². The Labute approximate surface area is 102 Å². The fourth-order valence-corrected chi connectivity index (χ4v) is 3.00. The molecule has 2 nitrogen and oxygen atoms in total. The molecule has 90 valence electrons. The molecule has 0 bridgehead atoms. The second kappa shape index (κ2) is 5.28. The monoisotopic (exact) mass is 238 g/mol. The molecule has 0 spiro atoms. The van der Waals surface area contributed by atoms with Gasteiger partial charge in [0.15, 0.2) is 0 Å². The highest BCUT2D eigenvalue weighted by Crippen LogP contribution is 2.33. The van der Waals surface area contributed by atoms with E-state index in [4.69, 9.17) is 0 Å². The molecule has 0 saturated heterocycles. The van der Waals surface area contributed by atoms with Crippen molar-refractivity contribution in [3.8, 4) is 0 Å². The highest BCUT2D eigenvalue weighted by atomic mass is 32.1. The number of rotatable bonds is 3. The zero-order valence-corrected chi connectivity index (χ0v) is 11.1. The summed E-state index contributed by atoms with van der Waals surface area (Å²) < 4.78 is 0. The van der Waals surface area contributed by atoms with Crippen LogP contribution >= 0.6 is 11.3 Å². The van der Waals surface area contributed by atoms with E-state index in [1.807, 2.05) is 11.6 Å². The number of thiazole rings is 1. The molecule has 1 atom stereocenters. The van der Waals surface area contributed by atoms with Crippen molar-refractivity contribution < 1.29 is 0 Å². The van der Waals surface area contributed by atoms with Crippen LogP contribution in [0.3, 0.4) is 0 Å². The summed E-state index contributed by atoms with van der Waals surface area (Å²) in [5, 5.41) is 6.91. The zero-order valence-electron chi connectivity index (χ0n) is 10.3. The van der Waals surface area contributed by atoms with Crippen LogP contribution in [0.2, 0.25) is 0 Å². The summed E-state index contributed by atoms with van der Waals surface area (Å²) in [6.07, 6.45) is 8.62. The van der Waals surface area contributed by atoms with Crippen LogP contribution in [0.4, 0.5) is 0 Å². The van der Waals surface area contributed by atoms with Crippen LogP contribution in [0.5, 0.6) is 0 Å². The molecule has 0 aliphatic heterocycles. The van der Waals surface area contributed by atoms with E-state index in [1.165, 1.54) is 37.1 Å². The normalized spacial score (nSPS) is 25.2. The Hall–Kier alpha value is -0.410. The highest BCUT2D eigenvalue weighted by molar-refractivity contribution is 7.09. The molecule has 1 aromatic heterocycles. The van der Waals surface area contributed by atoms with E-state index < -0.39 is 0 Å². The molecule has 3 heteroatoms. The smallest absolute Gasteiger partial charge is 0.106 e. The number of hydrogen-bond donors (Lipinski definition) is 1. The van der Waals surface area contributed by atoms with Crippen LogP contribution < -0.4 is 5.32 Å². The number of nitrogens with zero attached hydrogens (tertiary/aromatic N) is 1. The molecule has 1 aromatic rings. The first-order valence-electron chi connectivity index (χ1n) is 6.27. The lowest BCUT2D eigenvalue weighted by Crippen LogP contribution is -2.28. The third-order valence-corrected chi connectivity index (χ3v) is 4.38. The van der Waals surface area contributed by atoms with Gasteiger partial charge in [-0.3, -0.25) is 0 Å². The van der Waals surface area contributed by atoms with Gasteiger partial charge in [-0.2, -0.15) is 0 Å². The van der Waals surface area contributed by atoms with Crippen molar-refractivity contribution in [3.63, 3.8) is 0 Å². The van der Waals surface area contributed by atoms with Crippen molar-refractivity contribution in [2.24, 2.45) is 5.41 Å². The molecule has 0 amide bonds. The minimum Gasteiger partial charge on any atom is -0.308 e. The van der Waals surface area contributed by atoms with Crippen LogP contribution in [0.25, 0.3) is 0 Å². The second-order valence-electron chi connectivity index (χ2n) is 5.60. The standard InChI is InChI=1S/C13H22N2S/c1-13(2)6-3-4-11(5-7-13)15-10-12-14-8-9-16-12/h8-9,11,15H,3-7,10H2,1-2H3. The van der Waals surface area contributed by atoms with Gasteiger partial charge in [0.2, 0.25) is 0 Å². The second-order valence-corrected chi connectivity index (χ2v) is 6.58. The van der Waals surface area contributed by atoms with Crippen molar-refractivity contribution in [2.45, 2.75) is 58.5 Å². The molecular weight excluding hydrogens is 216 g/mol. The highest BCUT2D eigenvalue weighted by Gasteiger charge is 2.23. The lowest BCUT2D eigenvalue weighted by molar-refractivity contribution is 0.309. The first-order valence-corrected chi connectivity index (χ1v) is 7.15. The number of nitrogens with one attached hydrogen (secondary N) is 1. The lowest BCUT2D eigenvalue weighted by Gasteiger charge is -2.22. The molecule has 1 unspecified atom stereocenters. The van der Waals surface area contributed by atoms with Gasteiger partial charge in [0.05, 0.1) is 0 Å². The Morgan fingerprint density at radius 1 is 1.44 bits per heavy atom. The average molecular weight is 238 g/mol. The maximum Gasteiger partial charge on any atom is 0.106 e. The van der Waals surface area contributed by atoms with Crippen LogP contribution in [-0.2, 0) is 6.54 Å². The van der Waals surface area contributed by atoms with Crippen molar-refractivity contribution in [1.82, 2.24) is 10.3 Å². The van der Waals surface area contributed by atoms with E-state index in [0.717, 1.165) is 6.54 Å². The third-order valence-electron chi connectivity index (χ3n) is 3.60. The van der Waals surface area contributed by atoms with E-state index in [2.05, 4.69) is 24.1 Å². The van der Waals surface area contributed by atoms with E-state index in [9.17, 15) is 0 Å². The predicted molar refractivity (Wildman–Crippen MR) is 69.6 cm³/mol. The Kier molecular flexibility index (Phi) is 3.98. The lowest BCUT2D eigenvalue weighted by atomic mass is 9.85. The van der Waals surface area contributed by atoms with Crippen molar-refractivity contribution >= 4 is 11.3 Å². The molecular formula is C13H22N2S. The van der Waals surface area contributed by atoms with Crippen LogP contribution in [-0.4, -0.2) is 11.0 Å². The van der Waals surface area contributed by atoms with Gasteiger partial charge in [-0.25, -0.2) is 4.98 Å². The van der Waals surface area contributed by atoms with Crippen LogP contribution in [0.15, 0.2) is 11.6 Å². The van der Waals surface area contributed by atoms with E-state index in [1.54, 1.807) is 11.3 Å². The Bertz CT molecular complexity index is 306. The summed E-state index contributed by atoms with van der Waals surface area (Å²) in [5.41, 5.74) is 0.553. The molecule has 1 saturated carbocycles. The molecule has 1 N–H and O–H groups in total. The first-order chi connectivity index (χ1) is 7.66. The van der Waals surface area contributed by atoms with Gasteiger partial charge >= 0.3 is 0 Å². The van der Waals surface area contributed by atoms with Gasteiger partial charge in [-0.05, 0) is 31.1 Å². The maximum atomic E-state index is 4.31. The van der Waals surface area contributed by atoms with Crippen LogP contribution in [0, 0.1) is 5.41 Å². The number of hydrogen-bond acceptors (Lipinski definition) is 3. The quantitative estimate of drug-likeness (QED) is 0.814. The van der Waals surface area contributed by atoms with Gasteiger partial charge in [-0.15, -0.1) is 11.3 Å². The predicted octanol–water partition coefficient (Wildman–Crippen LogP) is 3.59. The molecule has 1 aliphatic carbocycles. The summed E-state index contributed by atoms with van der Waals surface area (Å²) >= 11 is 1.74. The van der Waals surface area contributed by atoms with E-state index in [-0.39, 0.29) is 0 Å². The molecule has 2 rings (SSSR count). The minimum absolute atomic E-state index is 0.553. The Morgan fingerprint density at radius 3 is 3.06 bits per heavy atom. The third kappa shape index (κ3) is 3.56. The molecule has 1 aliphatic rings. The van der Waals surface area contributed by atoms with Gasteiger partial charge in [-0.1, -0.05) is 20.3 Å². The van der Waals surface area contributed by atoms with Crippen molar-refractivity contribution in [2.75, 3.05) is 0 Å². The SMILES string of the molecule is CC1(C)CCCC(NCc2nccs2)CC1. The minimum atomic E-state index is 0.553. The average Bonchev–Trinajstić information content (AvgIpc) is 2.68. The summed E-state index contributed by atoms with van der Waals surface area (Å²) in [7, 11) is 0. The topological polar surface area (TPSA) is 24.9 Å². The summed E-state index contributed by atoms with van der Waals surface area (Å²) in [6.45, 7) is 5.75. The molecule has 1 heterocycles. The maximum absolute atomic E-state index is 4.31.